The molecule has 0 atom stereocenters. The maximum absolute atomic E-state index is 11.3. The molecule has 0 aromatic rings. The van der Waals surface area contributed by atoms with Gasteiger partial charge in [0.05, 0.1) is 6.54 Å². The van der Waals surface area contributed by atoms with E-state index in [1.165, 1.54) is 0 Å². The molecular weight excluding hydrogens is 236 g/mol. The van der Waals surface area contributed by atoms with Crippen molar-refractivity contribution < 1.29 is 19.5 Å². The maximum Gasteiger partial charge on any atom is 0.303 e. The fourth-order valence-corrected chi connectivity index (χ4v) is 1.36. The van der Waals surface area contributed by atoms with Gasteiger partial charge in [-0.15, -0.1) is 0 Å². The zero-order valence-electron chi connectivity index (χ0n) is 10.8. The molecule has 0 bridgehead atoms. The third kappa shape index (κ3) is 10.9. The molecule has 0 saturated heterocycles. The van der Waals surface area contributed by atoms with E-state index in [9.17, 15) is 14.4 Å². The summed E-state index contributed by atoms with van der Waals surface area (Å²) in [5.74, 6) is -1.12. The Kier molecular flexibility index (Phi) is 9.62. The second-order valence-corrected chi connectivity index (χ2v) is 4.08. The number of carbonyl (C=O) groups is 3. The van der Waals surface area contributed by atoms with E-state index in [1.54, 1.807) is 0 Å². The number of unbranched alkanes of at least 4 members (excludes halogenated alkanes) is 2. The summed E-state index contributed by atoms with van der Waals surface area (Å²) in [6, 6.07) is 0. The molecule has 0 rings (SSSR count). The topological polar surface area (TPSA) is 95.5 Å². The van der Waals surface area contributed by atoms with Crippen LogP contribution in [0.4, 0.5) is 0 Å². The highest BCUT2D eigenvalue weighted by atomic mass is 16.4. The fourth-order valence-electron chi connectivity index (χ4n) is 1.36. The minimum Gasteiger partial charge on any atom is -0.481 e. The van der Waals surface area contributed by atoms with Gasteiger partial charge >= 0.3 is 5.97 Å². The quantitative estimate of drug-likeness (QED) is 0.502. The SMILES string of the molecule is CCCC(=O)NCC(=O)NCCCCCC(=O)O. The molecule has 104 valence electrons. The number of carboxylic acids is 1. The fraction of sp³-hybridized carbons (Fsp3) is 0.750. The predicted octanol–water partition coefficient (Wildman–Crippen LogP) is 0.664. The first kappa shape index (κ1) is 16.4. The molecule has 0 aromatic carbocycles. The number of hydrogen-bond acceptors (Lipinski definition) is 3. The zero-order chi connectivity index (χ0) is 13.8. The van der Waals surface area contributed by atoms with Crippen LogP contribution in [0.3, 0.4) is 0 Å². The van der Waals surface area contributed by atoms with Crippen molar-refractivity contribution in [2.75, 3.05) is 13.1 Å². The van der Waals surface area contributed by atoms with E-state index in [0.717, 1.165) is 19.3 Å². The summed E-state index contributed by atoms with van der Waals surface area (Å²) in [4.78, 5) is 32.6. The molecule has 0 fully saturated rings. The van der Waals surface area contributed by atoms with Crippen LogP contribution in [0.25, 0.3) is 0 Å². The monoisotopic (exact) mass is 258 g/mol. The number of carboxylic acid groups (broad SMARTS) is 1. The Balaban J connectivity index is 3.37. The van der Waals surface area contributed by atoms with Crippen LogP contribution in [0.15, 0.2) is 0 Å². The lowest BCUT2D eigenvalue weighted by Crippen LogP contribution is -2.37. The second-order valence-electron chi connectivity index (χ2n) is 4.08. The lowest BCUT2D eigenvalue weighted by atomic mass is 10.2. The van der Waals surface area contributed by atoms with Gasteiger partial charge in [-0.05, 0) is 19.3 Å². The van der Waals surface area contributed by atoms with Gasteiger partial charge < -0.3 is 15.7 Å². The normalized spacial score (nSPS) is 9.83. The van der Waals surface area contributed by atoms with Crippen LogP contribution in [0.1, 0.15) is 45.4 Å². The summed E-state index contributed by atoms with van der Waals surface area (Å²) < 4.78 is 0. The standard InChI is InChI=1S/C12H22N2O4/c1-2-6-10(15)14-9-11(16)13-8-5-3-4-7-12(17)18/h2-9H2,1H3,(H,13,16)(H,14,15)(H,17,18). The molecule has 3 N–H and O–H groups in total. The first-order valence-corrected chi connectivity index (χ1v) is 6.31. The molecule has 0 aromatic heterocycles. The Morgan fingerprint density at radius 2 is 1.67 bits per heavy atom. The largest absolute Gasteiger partial charge is 0.481 e. The van der Waals surface area contributed by atoms with Crippen LogP contribution in [-0.2, 0) is 14.4 Å². The van der Waals surface area contributed by atoms with Gasteiger partial charge in [-0.25, -0.2) is 0 Å². The van der Waals surface area contributed by atoms with Gasteiger partial charge in [-0.2, -0.15) is 0 Å². The van der Waals surface area contributed by atoms with E-state index >= 15 is 0 Å². The molecular formula is C12H22N2O4. The highest BCUT2D eigenvalue weighted by Crippen LogP contribution is 1.98. The van der Waals surface area contributed by atoms with Crippen molar-refractivity contribution in [3.05, 3.63) is 0 Å². The van der Waals surface area contributed by atoms with Crippen molar-refractivity contribution >= 4 is 17.8 Å². The van der Waals surface area contributed by atoms with Crippen molar-refractivity contribution in [1.29, 1.82) is 0 Å². The van der Waals surface area contributed by atoms with Crippen LogP contribution in [0.5, 0.6) is 0 Å². The Morgan fingerprint density at radius 3 is 2.28 bits per heavy atom. The van der Waals surface area contributed by atoms with E-state index in [0.29, 0.717) is 19.4 Å². The van der Waals surface area contributed by atoms with Crippen molar-refractivity contribution in [3.63, 3.8) is 0 Å². The molecule has 0 spiro atoms. The van der Waals surface area contributed by atoms with Crippen LogP contribution in [0, 0.1) is 0 Å². The number of rotatable bonds is 10. The lowest BCUT2D eigenvalue weighted by Gasteiger charge is -2.06. The van der Waals surface area contributed by atoms with E-state index in [1.807, 2.05) is 6.92 Å². The summed E-state index contributed by atoms with van der Waals surface area (Å²) in [5, 5.41) is 13.6. The second kappa shape index (κ2) is 10.6. The van der Waals surface area contributed by atoms with E-state index in [2.05, 4.69) is 10.6 Å². The third-order valence-electron chi connectivity index (χ3n) is 2.31. The van der Waals surface area contributed by atoms with Crippen molar-refractivity contribution in [1.82, 2.24) is 10.6 Å². The number of hydrogen-bond donors (Lipinski definition) is 3. The summed E-state index contributed by atoms with van der Waals surface area (Å²) in [7, 11) is 0. The summed E-state index contributed by atoms with van der Waals surface area (Å²) >= 11 is 0. The molecule has 2 amide bonds. The average Bonchev–Trinajstić information content (AvgIpc) is 2.31. The number of nitrogens with one attached hydrogen (secondary N) is 2. The first-order valence-electron chi connectivity index (χ1n) is 6.31. The average molecular weight is 258 g/mol. The van der Waals surface area contributed by atoms with Gasteiger partial charge in [0.2, 0.25) is 11.8 Å². The molecule has 6 heteroatoms. The zero-order valence-corrected chi connectivity index (χ0v) is 10.8. The number of amides is 2. The molecule has 6 nitrogen and oxygen atoms in total. The molecule has 0 aliphatic rings. The Labute approximate surface area is 107 Å². The first-order chi connectivity index (χ1) is 8.56. The minimum absolute atomic E-state index is 0.00790. The summed E-state index contributed by atoms with van der Waals surface area (Å²) in [5.41, 5.74) is 0. The van der Waals surface area contributed by atoms with Crippen molar-refractivity contribution in [3.8, 4) is 0 Å². The van der Waals surface area contributed by atoms with Crippen molar-refractivity contribution in [2.24, 2.45) is 0 Å². The highest BCUT2D eigenvalue weighted by Gasteiger charge is 2.03. The van der Waals surface area contributed by atoms with Gasteiger partial charge in [-0.3, -0.25) is 14.4 Å². The molecule has 0 heterocycles. The predicted molar refractivity (Wildman–Crippen MR) is 67.0 cm³/mol. The van der Waals surface area contributed by atoms with Crippen LogP contribution in [0.2, 0.25) is 0 Å². The van der Waals surface area contributed by atoms with Crippen LogP contribution >= 0.6 is 0 Å². The molecule has 0 unspecified atom stereocenters. The Morgan fingerprint density at radius 1 is 0.944 bits per heavy atom. The molecule has 0 radical (unpaired) electrons. The van der Waals surface area contributed by atoms with E-state index in [-0.39, 0.29) is 24.8 Å². The van der Waals surface area contributed by atoms with Gasteiger partial charge in [0.25, 0.3) is 0 Å². The maximum atomic E-state index is 11.3. The van der Waals surface area contributed by atoms with E-state index < -0.39 is 5.97 Å². The molecule has 0 saturated carbocycles. The Bertz CT molecular complexity index is 279. The third-order valence-corrected chi connectivity index (χ3v) is 2.31. The highest BCUT2D eigenvalue weighted by molar-refractivity contribution is 5.84. The van der Waals surface area contributed by atoms with Crippen LogP contribution in [-0.4, -0.2) is 36.0 Å². The van der Waals surface area contributed by atoms with Gasteiger partial charge in [0.15, 0.2) is 0 Å². The van der Waals surface area contributed by atoms with Gasteiger partial charge in [-0.1, -0.05) is 13.3 Å². The smallest absolute Gasteiger partial charge is 0.303 e. The molecule has 0 aliphatic heterocycles. The molecule has 18 heavy (non-hydrogen) atoms. The van der Waals surface area contributed by atoms with Gasteiger partial charge in [0, 0.05) is 19.4 Å². The Hall–Kier alpha value is -1.59. The summed E-state index contributed by atoms with van der Waals surface area (Å²) in [6.07, 6.45) is 3.51. The van der Waals surface area contributed by atoms with E-state index in [4.69, 9.17) is 5.11 Å². The van der Waals surface area contributed by atoms with Crippen LogP contribution < -0.4 is 10.6 Å². The molecule has 0 aliphatic carbocycles. The number of carbonyl (C=O) groups excluding carboxylic acids is 2. The van der Waals surface area contributed by atoms with Crippen molar-refractivity contribution in [2.45, 2.75) is 45.4 Å². The van der Waals surface area contributed by atoms with Gasteiger partial charge in [0.1, 0.15) is 0 Å². The number of aliphatic carboxylic acids is 1. The minimum atomic E-state index is -0.794. The summed E-state index contributed by atoms with van der Waals surface area (Å²) in [6.45, 7) is 2.42. The lowest BCUT2D eigenvalue weighted by molar-refractivity contribution is -0.137.